The van der Waals surface area contributed by atoms with Crippen LogP contribution >= 0.6 is 0 Å². The lowest BCUT2D eigenvalue weighted by atomic mass is 10.2. The van der Waals surface area contributed by atoms with Crippen molar-refractivity contribution in [2.24, 2.45) is 0 Å². The summed E-state index contributed by atoms with van der Waals surface area (Å²) in [5.74, 6) is 2.36. The van der Waals surface area contributed by atoms with E-state index in [0.717, 1.165) is 22.8 Å². The van der Waals surface area contributed by atoms with Crippen molar-refractivity contribution in [3.63, 3.8) is 0 Å². The van der Waals surface area contributed by atoms with Gasteiger partial charge in [0.15, 0.2) is 11.5 Å². The molecule has 0 fully saturated rings. The fourth-order valence-electron chi connectivity index (χ4n) is 1.65. The maximum absolute atomic E-state index is 5.72. The summed E-state index contributed by atoms with van der Waals surface area (Å²) in [4.78, 5) is 0. The molecule has 0 aliphatic carbocycles. The summed E-state index contributed by atoms with van der Waals surface area (Å²) in [5.41, 5.74) is 1.07. The molecule has 0 radical (unpaired) electrons. The van der Waals surface area contributed by atoms with Crippen molar-refractivity contribution in [1.29, 1.82) is 0 Å². The fraction of sp³-hybridized carbons (Fsp3) is 0. The maximum atomic E-state index is 5.72. The van der Waals surface area contributed by atoms with Gasteiger partial charge in [0.2, 0.25) is 0 Å². The predicted octanol–water partition coefficient (Wildman–Crippen LogP) is 4.21. The lowest BCUT2D eigenvalue weighted by Crippen LogP contribution is -1.70. The first-order chi connectivity index (χ1) is 7.93. The van der Waals surface area contributed by atoms with E-state index in [9.17, 15) is 0 Å². The Balaban J connectivity index is 2.00. The molecule has 78 valence electrons. The lowest BCUT2D eigenvalue weighted by molar-refractivity contribution is 0.531. The molecule has 1 aromatic carbocycles. The van der Waals surface area contributed by atoms with Gasteiger partial charge in [-0.05, 0) is 24.3 Å². The smallest absolute Gasteiger partial charge is 0.170 e. The van der Waals surface area contributed by atoms with Crippen LogP contribution in [0.5, 0.6) is 0 Å². The van der Waals surface area contributed by atoms with E-state index in [1.807, 2.05) is 54.6 Å². The first-order valence-corrected chi connectivity index (χ1v) is 5.12. The Kier molecular flexibility index (Phi) is 2.11. The number of furan rings is 2. The van der Waals surface area contributed by atoms with Crippen molar-refractivity contribution in [2.45, 2.75) is 0 Å². The zero-order valence-electron chi connectivity index (χ0n) is 8.59. The molecule has 0 atom stereocenters. The first-order valence-electron chi connectivity index (χ1n) is 5.12. The summed E-state index contributed by atoms with van der Waals surface area (Å²) in [6.07, 6.45) is 1.64. The molecule has 3 rings (SSSR count). The van der Waals surface area contributed by atoms with E-state index in [0.29, 0.717) is 0 Å². The molecule has 0 aliphatic heterocycles. The molecule has 2 nitrogen and oxygen atoms in total. The molecule has 16 heavy (non-hydrogen) atoms. The number of hydrogen-bond donors (Lipinski definition) is 0. The minimum Gasteiger partial charge on any atom is -0.461 e. The zero-order valence-corrected chi connectivity index (χ0v) is 8.59. The van der Waals surface area contributed by atoms with Gasteiger partial charge in [0.1, 0.15) is 5.76 Å². The van der Waals surface area contributed by atoms with Crippen molar-refractivity contribution < 1.29 is 8.83 Å². The highest BCUT2D eigenvalue weighted by molar-refractivity contribution is 5.61. The van der Waals surface area contributed by atoms with Crippen LogP contribution < -0.4 is 0 Å². The largest absolute Gasteiger partial charge is 0.461 e. The third-order valence-electron chi connectivity index (χ3n) is 2.43. The van der Waals surface area contributed by atoms with Crippen molar-refractivity contribution in [1.82, 2.24) is 0 Å². The van der Waals surface area contributed by atoms with E-state index in [1.165, 1.54) is 0 Å². The van der Waals surface area contributed by atoms with Gasteiger partial charge in [-0.2, -0.15) is 0 Å². The van der Waals surface area contributed by atoms with E-state index < -0.39 is 0 Å². The van der Waals surface area contributed by atoms with Gasteiger partial charge >= 0.3 is 0 Å². The highest BCUT2D eigenvalue weighted by Crippen LogP contribution is 2.28. The summed E-state index contributed by atoms with van der Waals surface area (Å²) in [5, 5.41) is 0. The van der Waals surface area contributed by atoms with Crippen LogP contribution in [0.1, 0.15) is 0 Å². The zero-order chi connectivity index (χ0) is 10.8. The molecule has 0 N–H and O–H groups in total. The van der Waals surface area contributed by atoms with Gasteiger partial charge in [-0.25, -0.2) is 0 Å². The van der Waals surface area contributed by atoms with Crippen LogP contribution in [0.2, 0.25) is 0 Å². The minimum atomic E-state index is 0.752. The van der Waals surface area contributed by atoms with Gasteiger partial charge in [-0.3, -0.25) is 0 Å². The van der Waals surface area contributed by atoms with Crippen LogP contribution in [-0.2, 0) is 0 Å². The van der Waals surface area contributed by atoms with Gasteiger partial charge in [-0.1, -0.05) is 30.3 Å². The molecule has 0 unspecified atom stereocenters. The van der Waals surface area contributed by atoms with Crippen LogP contribution in [-0.4, -0.2) is 0 Å². The molecule has 0 spiro atoms. The molecule has 2 heterocycles. The highest BCUT2D eigenvalue weighted by atomic mass is 16.4. The van der Waals surface area contributed by atoms with E-state index in [-0.39, 0.29) is 0 Å². The topological polar surface area (TPSA) is 26.3 Å². The molecular formula is C14H10O2. The first kappa shape index (κ1) is 9.04. The van der Waals surface area contributed by atoms with Crippen molar-refractivity contribution in [3.8, 4) is 22.8 Å². The lowest BCUT2D eigenvalue weighted by Gasteiger charge is -1.95. The highest BCUT2D eigenvalue weighted by Gasteiger charge is 2.07. The predicted molar refractivity (Wildman–Crippen MR) is 61.8 cm³/mol. The van der Waals surface area contributed by atoms with Crippen LogP contribution in [0.15, 0.2) is 69.7 Å². The third kappa shape index (κ3) is 1.54. The maximum Gasteiger partial charge on any atom is 0.170 e. The van der Waals surface area contributed by atoms with Gasteiger partial charge in [0.25, 0.3) is 0 Å². The Hall–Kier alpha value is -2.22. The van der Waals surface area contributed by atoms with Crippen LogP contribution in [0.4, 0.5) is 0 Å². The normalized spacial score (nSPS) is 10.5. The Labute approximate surface area is 93.1 Å². The van der Waals surface area contributed by atoms with Crippen molar-refractivity contribution in [3.05, 3.63) is 60.9 Å². The standard InChI is InChI=1S/C14H10O2/c1-2-5-11(6-3-1)12-8-9-14(16-12)13-7-4-10-15-13/h1-10H. The summed E-state index contributed by atoms with van der Waals surface area (Å²) in [7, 11) is 0. The Morgan fingerprint density at radius 3 is 2.19 bits per heavy atom. The quantitative estimate of drug-likeness (QED) is 0.633. The van der Waals surface area contributed by atoms with Gasteiger partial charge < -0.3 is 8.83 Å². The van der Waals surface area contributed by atoms with Gasteiger partial charge in [-0.15, -0.1) is 0 Å². The van der Waals surface area contributed by atoms with Crippen LogP contribution in [0.25, 0.3) is 22.8 Å². The molecule has 2 aromatic heterocycles. The van der Waals surface area contributed by atoms with E-state index in [1.54, 1.807) is 6.26 Å². The Morgan fingerprint density at radius 1 is 0.625 bits per heavy atom. The molecule has 0 amide bonds. The number of benzene rings is 1. The second-order valence-corrected chi connectivity index (χ2v) is 3.51. The molecule has 0 saturated carbocycles. The third-order valence-corrected chi connectivity index (χ3v) is 2.43. The summed E-state index contributed by atoms with van der Waals surface area (Å²) >= 11 is 0. The molecular weight excluding hydrogens is 200 g/mol. The average Bonchev–Trinajstić information content (AvgIpc) is 3.01. The second-order valence-electron chi connectivity index (χ2n) is 3.51. The van der Waals surface area contributed by atoms with Crippen molar-refractivity contribution in [2.75, 3.05) is 0 Å². The summed E-state index contributed by atoms with van der Waals surface area (Å²) in [6, 6.07) is 17.6. The number of hydrogen-bond acceptors (Lipinski definition) is 2. The van der Waals surface area contributed by atoms with E-state index >= 15 is 0 Å². The molecule has 3 aromatic rings. The Bertz CT molecular complexity index is 562. The molecule has 0 aliphatic rings. The van der Waals surface area contributed by atoms with Crippen molar-refractivity contribution >= 4 is 0 Å². The molecule has 0 saturated heterocycles. The average molecular weight is 210 g/mol. The monoisotopic (exact) mass is 210 g/mol. The summed E-state index contributed by atoms with van der Waals surface area (Å²) in [6.45, 7) is 0. The summed E-state index contributed by atoms with van der Waals surface area (Å²) < 4.78 is 11.0. The fourth-order valence-corrected chi connectivity index (χ4v) is 1.65. The molecule has 0 bridgehead atoms. The SMILES string of the molecule is c1ccc(-c2ccc(-c3ccco3)o2)cc1. The van der Waals surface area contributed by atoms with Crippen LogP contribution in [0, 0.1) is 0 Å². The van der Waals surface area contributed by atoms with Crippen LogP contribution in [0.3, 0.4) is 0 Å². The van der Waals surface area contributed by atoms with Gasteiger partial charge in [0.05, 0.1) is 6.26 Å². The van der Waals surface area contributed by atoms with Gasteiger partial charge in [0, 0.05) is 5.56 Å². The van der Waals surface area contributed by atoms with E-state index in [2.05, 4.69) is 0 Å². The minimum absolute atomic E-state index is 0.752. The molecule has 2 heteroatoms. The Morgan fingerprint density at radius 2 is 1.44 bits per heavy atom. The van der Waals surface area contributed by atoms with E-state index in [4.69, 9.17) is 8.83 Å². The number of rotatable bonds is 2. The second kappa shape index (κ2) is 3.74.